The highest BCUT2D eigenvalue weighted by Gasteiger charge is 2.22. The molecule has 1 aromatic carbocycles. The summed E-state index contributed by atoms with van der Waals surface area (Å²) in [5, 5.41) is 9.48. The Morgan fingerprint density at radius 1 is 1.53 bits per heavy atom. The van der Waals surface area contributed by atoms with Gasteiger partial charge in [0.25, 0.3) is 0 Å². The molecule has 1 heterocycles. The van der Waals surface area contributed by atoms with E-state index in [0.717, 1.165) is 17.8 Å². The van der Waals surface area contributed by atoms with Crippen LogP contribution in [-0.2, 0) is 11.3 Å². The molecule has 0 aliphatic carbocycles. The highest BCUT2D eigenvalue weighted by Crippen LogP contribution is 2.21. The number of hydrogen-bond donors (Lipinski definition) is 2. The first-order valence-electron chi connectivity index (χ1n) is 4.66. The van der Waals surface area contributed by atoms with Crippen LogP contribution in [0.4, 0.5) is 5.69 Å². The van der Waals surface area contributed by atoms with Crippen molar-refractivity contribution in [3.8, 4) is 0 Å². The number of aliphatic hydroxyl groups is 1. The van der Waals surface area contributed by atoms with Crippen LogP contribution in [0.1, 0.15) is 5.56 Å². The highest BCUT2D eigenvalue weighted by molar-refractivity contribution is 5.85. The van der Waals surface area contributed by atoms with Gasteiger partial charge in [0.2, 0.25) is 6.41 Å². The van der Waals surface area contributed by atoms with Gasteiger partial charge in [-0.3, -0.25) is 0 Å². The second-order valence-electron chi connectivity index (χ2n) is 3.26. The van der Waals surface area contributed by atoms with Crippen LogP contribution in [0.3, 0.4) is 0 Å². The molecule has 1 atom stereocenters. The number of anilines is 1. The first-order chi connectivity index (χ1) is 6.81. The highest BCUT2D eigenvalue weighted by atomic mass is 35.5. The zero-order chi connectivity index (χ0) is 9.97. The van der Waals surface area contributed by atoms with Gasteiger partial charge < -0.3 is 20.5 Å². The lowest BCUT2D eigenvalue weighted by atomic mass is 10.2. The number of ether oxygens (including phenoxy) is 1. The minimum atomic E-state index is -0.817. The molecule has 5 heteroatoms. The minimum Gasteiger partial charge on any atom is -0.351 e. The van der Waals surface area contributed by atoms with Crippen molar-refractivity contribution in [3.05, 3.63) is 29.8 Å². The minimum absolute atomic E-state index is 0. The number of aliphatic hydroxyl groups excluding tert-OH is 1. The van der Waals surface area contributed by atoms with Gasteiger partial charge in [0.05, 0.1) is 6.61 Å². The Kier molecular flexibility index (Phi) is 4.35. The molecule has 0 saturated carbocycles. The van der Waals surface area contributed by atoms with Gasteiger partial charge in [0.15, 0.2) is 0 Å². The van der Waals surface area contributed by atoms with Crippen LogP contribution >= 0.6 is 12.4 Å². The summed E-state index contributed by atoms with van der Waals surface area (Å²) in [4.78, 5) is 1.80. The zero-order valence-electron chi connectivity index (χ0n) is 8.30. The second-order valence-corrected chi connectivity index (χ2v) is 3.26. The third-order valence-electron chi connectivity index (χ3n) is 2.34. The number of nitrogens with two attached hydrogens (primary N) is 1. The predicted octanol–water partition coefficient (Wildman–Crippen LogP) is 0.680. The molecule has 0 amide bonds. The van der Waals surface area contributed by atoms with Crippen LogP contribution < -0.4 is 10.6 Å². The van der Waals surface area contributed by atoms with E-state index < -0.39 is 6.41 Å². The molecule has 0 spiro atoms. The van der Waals surface area contributed by atoms with Crippen LogP contribution in [-0.4, -0.2) is 24.7 Å². The average molecular weight is 231 g/mol. The van der Waals surface area contributed by atoms with E-state index in [0.29, 0.717) is 13.2 Å². The monoisotopic (exact) mass is 230 g/mol. The molecule has 1 unspecified atom stereocenters. The van der Waals surface area contributed by atoms with E-state index >= 15 is 0 Å². The fourth-order valence-electron chi connectivity index (χ4n) is 1.58. The summed E-state index contributed by atoms with van der Waals surface area (Å²) in [6.45, 7) is 1.79. The van der Waals surface area contributed by atoms with E-state index in [1.54, 1.807) is 4.90 Å². The molecule has 1 saturated heterocycles. The Morgan fingerprint density at radius 3 is 2.93 bits per heavy atom. The molecule has 0 bridgehead atoms. The van der Waals surface area contributed by atoms with Crippen LogP contribution in [0.2, 0.25) is 0 Å². The first kappa shape index (κ1) is 12.3. The fraction of sp³-hybridized carbons (Fsp3) is 0.400. The molecular weight excluding hydrogens is 216 g/mol. The van der Waals surface area contributed by atoms with Crippen molar-refractivity contribution >= 4 is 18.1 Å². The van der Waals surface area contributed by atoms with E-state index in [9.17, 15) is 5.11 Å². The molecule has 84 valence electrons. The van der Waals surface area contributed by atoms with E-state index in [2.05, 4.69) is 0 Å². The fourth-order valence-corrected chi connectivity index (χ4v) is 1.58. The molecule has 0 radical (unpaired) electrons. The van der Waals surface area contributed by atoms with Gasteiger partial charge in [-0.2, -0.15) is 0 Å². The molecule has 3 N–H and O–H groups in total. The van der Waals surface area contributed by atoms with Crippen molar-refractivity contribution in [1.82, 2.24) is 0 Å². The summed E-state index contributed by atoms with van der Waals surface area (Å²) in [7, 11) is 0. The third-order valence-corrected chi connectivity index (χ3v) is 2.34. The summed E-state index contributed by atoms with van der Waals surface area (Å²) in [6.07, 6.45) is -0.817. The molecule has 1 aromatic rings. The summed E-state index contributed by atoms with van der Waals surface area (Å²) in [5.74, 6) is 0. The summed E-state index contributed by atoms with van der Waals surface area (Å²) < 4.78 is 5.04. The van der Waals surface area contributed by atoms with Crippen molar-refractivity contribution in [2.75, 3.05) is 18.1 Å². The van der Waals surface area contributed by atoms with Gasteiger partial charge in [-0.15, -0.1) is 12.4 Å². The molecule has 1 aliphatic rings. The van der Waals surface area contributed by atoms with Gasteiger partial charge in [0.1, 0.15) is 0 Å². The Labute approximate surface area is 95.0 Å². The Bertz CT molecular complexity index is 322. The predicted molar refractivity (Wildman–Crippen MR) is 60.9 cm³/mol. The maximum atomic E-state index is 9.48. The van der Waals surface area contributed by atoms with Crippen LogP contribution in [0.15, 0.2) is 24.3 Å². The lowest BCUT2D eigenvalue weighted by molar-refractivity contribution is -0.0573. The smallest absolute Gasteiger partial charge is 0.238 e. The number of rotatable bonds is 2. The first-order valence-corrected chi connectivity index (χ1v) is 4.66. The van der Waals surface area contributed by atoms with Crippen molar-refractivity contribution < 1.29 is 9.84 Å². The Balaban J connectivity index is 0.00000112. The van der Waals surface area contributed by atoms with Crippen molar-refractivity contribution in [2.45, 2.75) is 13.0 Å². The lowest BCUT2D eigenvalue weighted by Crippen LogP contribution is -2.29. The molecule has 2 rings (SSSR count). The van der Waals surface area contributed by atoms with E-state index in [1.165, 1.54) is 0 Å². The van der Waals surface area contributed by atoms with Crippen LogP contribution in [0.25, 0.3) is 0 Å². The number of halogens is 1. The van der Waals surface area contributed by atoms with Gasteiger partial charge in [0, 0.05) is 18.8 Å². The van der Waals surface area contributed by atoms with E-state index in [-0.39, 0.29) is 12.4 Å². The Morgan fingerprint density at radius 2 is 2.33 bits per heavy atom. The summed E-state index contributed by atoms with van der Waals surface area (Å²) in [5.41, 5.74) is 7.55. The summed E-state index contributed by atoms with van der Waals surface area (Å²) >= 11 is 0. The van der Waals surface area contributed by atoms with Gasteiger partial charge in [-0.25, -0.2) is 0 Å². The second kappa shape index (κ2) is 5.32. The average Bonchev–Trinajstić information content (AvgIpc) is 2.65. The SMILES string of the molecule is Cl.NCc1cccc(N2CCOC2O)c1. The van der Waals surface area contributed by atoms with Gasteiger partial charge in [-0.05, 0) is 17.7 Å². The zero-order valence-corrected chi connectivity index (χ0v) is 9.11. The van der Waals surface area contributed by atoms with Crippen molar-refractivity contribution in [3.63, 3.8) is 0 Å². The lowest BCUT2D eigenvalue weighted by Gasteiger charge is -2.20. The molecule has 4 nitrogen and oxygen atoms in total. The molecule has 15 heavy (non-hydrogen) atoms. The Hall–Kier alpha value is -0.810. The topological polar surface area (TPSA) is 58.7 Å². The van der Waals surface area contributed by atoms with Gasteiger partial charge >= 0.3 is 0 Å². The van der Waals surface area contributed by atoms with Gasteiger partial charge in [-0.1, -0.05) is 12.1 Å². The molecule has 0 aromatic heterocycles. The van der Waals surface area contributed by atoms with Crippen LogP contribution in [0.5, 0.6) is 0 Å². The largest absolute Gasteiger partial charge is 0.351 e. The maximum absolute atomic E-state index is 9.48. The molecular formula is C10H15ClN2O2. The van der Waals surface area contributed by atoms with Crippen molar-refractivity contribution in [1.29, 1.82) is 0 Å². The standard InChI is InChI=1S/C10H14N2O2.ClH/c11-7-8-2-1-3-9(6-8)12-4-5-14-10(12)13;/h1-3,6,10,13H,4-5,7,11H2;1H. The third kappa shape index (κ3) is 2.60. The molecule has 1 aliphatic heterocycles. The summed E-state index contributed by atoms with van der Waals surface area (Å²) in [6, 6.07) is 7.81. The maximum Gasteiger partial charge on any atom is 0.238 e. The van der Waals surface area contributed by atoms with Crippen LogP contribution in [0, 0.1) is 0 Å². The van der Waals surface area contributed by atoms with Crippen molar-refractivity contribution in [2.24, 2.45) is 5.73 Å². The van der Waals surface area contributed by atoms with E-state index in [4.69, 9.17) is 10.5 Å². The number of hydrogen-bond acceptors (Lipinski definition) is 4. The quantitative estimate of drug-likeness (QED) is 0.785. The molecule has 1 fully saturated rings. The number of benzene rings is 1. The number of nitrogens with zero attached hydrogens (tertiary/aromatic N) is 1. The van der Waals surface area contributed by atoms with E-state index in [1.807, 2.05) is 24.3 Å². The normalized spacial score (nSPS) is 20.1.